The lowest BCUT2D eigenvalue weighted by atomic mass is 9.89. The van der Waals surface area contributed by atoms with Gasteiger partial charge in [0.25, 0.3) is 0 Å². The Bertz CT molecular complexity index is 908. The molecular weight excluding hydrogens is 332 g/mol. The van der Waals surface area contributed by atoms with E-state index < -0.39 is 6.10 Å². The first-order chi connectivity index (χ1) is 12.4. The van der Waals surface area contributed by atoms with Gasteiger partial charge < -0.3 is 9.84 Å². The second-order valence-corrected chi connectivity index (χ2v) is 6.73. The number of tetrazole rings is 1. The van der Waals surface area contributed by atoms with E-state index in [0.29, 0.717) is 6.61 Å². The molecule has 7 nitrogen and oxygen atoms in total. The summed E-state index contributed by atoms with van der Waals surface area (Å²) in [4.78, 5) is 12.2. The number of allylic oxidation sites excluding steroid dienone is 3. The number of rotatable bonds is 5. The van der Waals surface area contributed by atoms with Crippen LogP contribution in [0.3, 0.4) is 0 Å². The smallest absolute Gasteiger partial charge is 0.363 e. The predicted octanol–water partition coefficient (Wildman–Crippen LogP) is 2.09. The summed E-state index contributed by atoms with van der Waals surface area (Å²) in [7, 11) is 1.58. The maximum Gasteiger partial charge on any atom is 0.363 e. The van der Waals surface area contributed by atoms with Crippen LogP contribution in [0.4, 0.5) is 0 Å². The highest BCUT2D eigenvalue weighted by atomic mass is 16.5. The van der Waals surface area contributed by atoms with Crippen LogP contribution in [0, 0.1) is 12.8 Å². The molecule has 3 rings (SSSR count). The lowest BCUT2D eigenvalue weighted by Crippen LogP contribution is -2.34. The highest BCUT2D eigenvalue weighted by Gasteiger charge is 2.28. The SMILES string of the molecule is CC1=CC=CC(n2nnn(C)c2=O)C1COc1ccc(C(C)O)cc1C. The fourth-order valence-corrected chi connectivity index (χ4v) is 3.12. The number of aliphatic hydroxyl groups is 1. The Labute approximate surface area is 152 Å². The van der Waals surface area contributed by atoms with E-state index in [1.54, 1.807) is 14.0 Å². The van der Waals surface area contributed by atoms with Crippen molar-refractivity contribution in [1.29, 1.82) is 0 Å². The molecule has 0 radical (unpaired) electrons. The molecule has 138 valence electrons. The number of benzene rings is 1. The Morgan fingerprint density at radius 3 is 2.69 bits per heavy atom. The molecule has 1 heterocycles. The third kappa shape index (κ3) is 3.48. The summed E-state index contributed by atoms with van der Waals surface area (Å²) in [6, 6.07) is 5.42. The van der Waals surface area contributed by atoms with Crippen LogP contribution < -0.4 is 10.4 Å². The molecule has 0 bridgehead atoms. The molecule has 0 saturated heterocycles. The van der Waals surface area contributed by atoms with Gasteiger partial charge in [-0.05, 0) is 54.5 Å². The van der Waals surface area contributed by atoms with Gasteiger partial charge >= 0.3 is 5.69 Å². The summed E-state index contributed by atoms with van der Waals surface area (Å²) >= 11 is 0. The topological polar surface area (TPSA) is 82.2 Å². The van der Waals surface area contributed by atoms with E-state index in [9.17, 15) is 9.90 Å². The van der Waals surface area contributed by atoms with Crippen molar-refractivity contribution in [1.82, 2.24) is 19.8 Å². The summed E-state index contributed by atoms with van der Waals surface area (Å²) in [5.74, 6) is 0.743. The van der Waals surface area contributed by atoms with Gasteiger partial charge in [-0.25, -0.2) is 4.79 Å². The number of hydrogen-bond acceptors (Lipinski definition) is 5. The van der Waals surface area contributed by atoms with Crippen LogP contribution in [0.1, 0.15) is 37.1 Å². The van der Waals surface area contributed by atoms with Gasteiger partial charge in [0.1, 0.15) is 5.75 Å². The first kappa shape index (κ1) is 18.1. The van der Waals surface area contributed by atoms with Crippen molar-refractivity contribution in [2.75, 3.05) is 6.61 Å². The first-order valence-electron chi connectivity index (χ1n) is 8.63. The molecule has 0 saturated carbocycles. The molecule has 7 heteroatoms. The third-order valence-corrected chi connectivity index (χ3v) is 4.79. The zero-order valence-corrected chi connectivity index (χ0v) is 15.5. The highest BCUT2D eigenvalue weighted by Crippen LogP contribution is 2.30. The van der Waals surface area contributed by atoms with Crippen molar-refractivity contribution in [3.63, 3.8) is 0 Å². The fourth-order valence-electron chi connectivity index (χ4n) is 3.12. The minimum atomic E-state index is -0.510. The van der Waals surface area contributed by atoms with E-state index >= 15 is 0 Å². The number of hydrogen-bond donors (Lipinski definition) is 1. The average molecular weight is 356 g/mol. The lowest BCUT2D eigenvalue weighted by Gasteiger charge is -2.27. The Morgan fingerprint density at radius 2 is 2.08 bits per heavy atom. The van der Waals surface area contributed by atoms with E-state index in [1.165, 1.54) is 9.36 Å². The molecule has 2 aromatic rings. The van der Waals surface area contributed by atoms with Crippen LogP contribution >= 0.6 is 0 Å². The summed E-state index contributed by atoms with van der Waals surface area (Å²) in [5.41, 5.74) is 2.69. The van der Waals surface area contributed by atoms with Crippen LogP contribution in [-0.4, -0.2) is 31.5 Å². The van der Waals surface area contributed by atoms with Gasteiger partial charge in [0.05, 0.1) is 18.8 Å². The van der Waals surface area contributed by atoms with Crippen molar-refractivity contribution < 1.29 is 9.84 Å². The molecule has 3 unspecified atom stereocenters. The Morgan fingerprint density at radius 1 is 1.31 bits per heavy atom. The van der Waals surface area contributed by atoms with E-state index in [2.05, 4.69) is 10.4 Å². The highest BCUT2D eigenvalue weighted by molar-refractivity contribution is 5.37. The van der Waals surface area contributed by atoms with Gasteiger partial charge in [0.2, 0.25) is 0 Å². The van der Waals surface area contributed by atoms with Gasteiger partial charge in [0, 0.05) is 13.0 Å². The standard InChI is InChI=1S/C19H24N4O3/c1-12-6-5-7-17(23-19(25)22(4)20-21-23)16(12)11-26-18-9-8-15(14(3)24)10-13(18)2/h5-10,14,16-17,24H,11H2,1-4H3. The number of ether oxygens (including phenoxy) is 1. The van der Waals surface area contributed by atoms with E-state index in [0.717, 1.165) is 22.4 Å². The van der Waals surface area contributed by atoms with Crippen molar-refractivity contribution in [3.05, 3.63) is 63.6 Å². The summed E-state index contributed by atoms with van der Waals surface area (Å²) in [6.45, 7) is 6.13. The zero-order valence-electron chi connectivity index (χ0n) is 15.5. The normalized spacial score (nSPS) is 20.7. The molecule has 1 aliphatic carbocycles. The maximum atomic E-state index is 12.2. The molecule has 1 aromatic heterocycles. The van der Waals surface area contributed by atoms with Gasteiger partial charge in [0.15, 0.2) is 0 Å². The van der Waals surface area contributed by atoms with Crippen LogP contribution in [-0.2, 0) is 7.05 Å². The second-order valence-electron chi connectivity index (χ2n) is 6.73. The Hall–Kier alpha value is -2.67. The molecule has 0 amide bonds. The van der Waals surface area contributed by atoms with Crippen LogP contribution in [0.2, 0.25) is 0 Å². The first-order valence-corrected chi connectivity index (χ1v) is 8.63. The molecule has 1 aliphatic rings. The van der Waals surface area contributed by atoms with Crippen molar-refractivity contribution in [3.8, 4) is 5.75 Å². The molecule has 3 atom stereocenters. The molecule has 26 heavy (non-hydrogen) atoms. The predicted molar refractivity (Wildman–Crippen MR) is 98.0 cm³/mol. The van der Waals surface area contributed by atoms with Gasteiger partial charge in [-0.15, -0.1) is 0 Å². The molecular formula is C19H24N4O3. The molecule has 0 aliphatic heterocycles. The number of aliphatic hydroxyl groups excluding tert-OH is 1. The van der Waals surface area contributed by atoms with Crippen LogP contribution in [0.25, 0.3) is 0 Å². The number of aryl methyl sites for hydroxylation is 2. The molecule has 1 N–H and O–H groups in total. The van der Waals surface area contributed by atoms with Crippen LogP contribution in [0.5, 0.6) is 5.75 Å². The lowest BCUT2D eigenvalue weighted by molar-refractivity contribution is 0.198. The summed E-state index contributed by atoms with van der Waals surface area (Å²) in [6.07, 6.45) is 5.39. The van der Waals surface area contributed by atoms with E-state index in [-0.39, 0.29) is 17.6 Å². The monoisotopic (exact) mass is 356 g/mol. The van der Waals surface area contributed by atoms with Crippen LogP contribution in [0.15, 0.2) is 46.8 Å². The minimum Gasteiger partial charge on any atom is -0.493 e. The van der Waals surface area contributed by atoms with E-state index in [4.69, 9.17) is 4.74 Å². The van der Waals surface area contributed by atoms with Crippen molar-refractivity contribution in [2.24, 2.45) is 13.0 Å². The number of nitrogens with zero attached hydrogens (tertiary/aromatic N) is 4. The third-order valence-electron chi connectivity index (χ3n) is 4.79. The van der Waals surface area contributed by atoms with E-state index in [1.807, 2.05) is 50.3 Å². The Balaban J connectivity index is 1.81. The fraction of sp³-hybridized carbons (Fsp3) is 0.421. The molecule has 0 fully saturated rings. The quantitative estimate of drug-likeness (QED) is 0.887. The molecule has 1 aromatic carbocycles. The zero-order chi connectivity index (χ0) is 18.8. The van der Waals surface area contributed by atoms with Gasteiger partial charge in [-0.3, -0.25) is 0 Å². The van der Waals surface area contributed by atoms with Crippen molar-refractivity contribution >= 4 is 0 Å². The average Bonchev–Trinajstić information content (AvgIpc) is 2.93. The molecule has 0 spiro atoms. The van der Waals surface area contributed by atoms with Gasteiger partial charge in [-0.1, -0.05) is 29.9 Å². The van der Waals surface area contributed by atoms with Gasteiger partial charge in [-0.2, -0.15) is 9.36 Å². The largest absolute Gasteiger partial charge is 0.493 e. The summed E-state index contributed by atoms with van der Waals surface area (Å²) in [5, 5.41) is 17.5. The summed E-state index contributed by atoms with van der Waals surface area (Å²) < 4.78 is 8.67. The number of aromatic nitrogens is 4. The Kier molecular flexibility index (Phi) is 5.08. The van der Waals surface area contributed by atoms with Crippen molar-refractivity contribution in [2.45, 2.75) is 32.9 Å². The maximum absolute atomic E-state index is 12.2. The second kappa shape index (κ2) is 7.29. The minimum absolute atomic E-state index is 0.0229.